The molecular weight excluding hydrogens is 212 g/mol. The van der Waals surface area contributed by atoms with Gasteiger partial charge in [0, 0.05) is 12.6 Å². The van der Waals surface area contributed by atoms with Crippen LogP contribution in [0.15, 0.2) is 12.1 Å². The fourth-order valence-electron chi connectivity index (χ4n) is 2.52. The van der Waals surface area contributed by atoms with Crippen LogP contribution in [0.2, 0.25) is 0 Å². The summed E-state index contributed by atoms with van der Waals surface area (Å²) in [6.07, 6.45) is 2.55. The van der Waals surface area contributed by atoms with Crippen molar-refractivity contribution < 1.29 is 4.74 Å². The van der Waals surface area contributed by atoms with Crippen LogP contribution in [0.25, 0.3) is 0 Å². The van der Waals surface area contributed by atoms with Crippen LogP contribution >= 0.6 is 0 Å². The molecule has 0 radical (unpaired) electrons. The van der Waals surface area contributed by atoms with E-state index in [0.29, 0.717) is 6.04 Å². The van der Waals surface area contributed by atoms with Crippen LogP contribution < -0.4 is 15.4 Å². The molecule has 0 aliphatic carbocycles. The monoisotopic (exact) mass is 234 g/mol. The van der Waals surface area contributed by atoms with Crippen LogP contribution in [0, 0.1) is 13.8 Å². The lowest BCUT2D eigenvalue weighted by atomic mass is 10.1. The van der Waals surface area contributed by atoms with E-state index in [1.807, 2.05) is 0 Å². The third-order valence-corrected chi connectivity index (χ3v) is 3.32. The first-order chi connectivity index (χ1) is 8.20. The first-order valence-corrected chi connectivity index (χ1v) is 6.33. The molecule has 1 aliphatic heterocycles. The molecule has 1 heterocycles. The number of aryl methyl sites for hydroxylation is 2. The summed E-state index contributed by atoms with van der Waals surface area (Å²) < 4.78 is 5.46. The van der Waals surface area contributed by atoms with E-state index < -0.39 is 0 Å². The van der Waals surface area contributed by atoms with Crippen molar-refractivity contribution in [2.45, 2.75) is 32.7 Å². The molecule has 2 N–H and O–H groups in total. The van der Waals surface area contributed by atoms with Gasteiger partial charge in [0.1, 0.15) is 5.75 Å². The fraction of sp³-hybridized carbons (Fsp3) is 0.571. The van der Waals surface area contributed by atoms with Crippen LogP contribution in [-0.2, 0) is 0 Å². The highest BCUT2D eigenvalue weighted by atomic mass is 16.5. The van der Waals surface area contributed by atoms with Gasteiger partial charge in [-0.25, -0.2) is 0 Å². The number of hydrogen-bond acceptors (Lipinski definition) is 3. The summed E-state index contributed by atoms with van der Waals surface area (Å²) in [6.45, 7) is 6.33. The van der Waals surface area contributed by atoms with Gasteiger partial charge in [-0.2, -0.15) is 0 Å². The topological polar surface area (TPSA) is 33.3 Å². The maximum atomic E-state index is 5.46. The van der Waals surface area contributed by atoms with Crippen molar-refractivity contribution in [3.8, 4) is 5.75 Å². The number of anilines is 1. The summed E-state index contributed by atoms with van der Waals surface area (Å²) in [6, 6.07) is 4.90. The van der Waals surface area contributed by atoms with E-state index >= 15 is 0 Å². The Bertz CT molecular complexity index is 384. The number of nitrogens with one attached hydrogen (secondary N) is 2. The van der Waals surface area contributed by atoms with E-state index in [-0.39, 0.29) is 0 Å². The summed E-state index contributed by atoms with van der Waals surface area (Å²) in [5.41, 5.74) is 3.57. The zero-order valence-electron chi connectivity index (χ0n) is 11.0. The van der Waals surface area contributed by atoms with E-state index in [1.54, 1.807) is 7.11 Å². The van der Waals surface area contributed by atoms with E-state index in [4.69, 9.17) is 4.74 Å². The number of benzene rings is 1. The first kappa shape index (κ1) is 12.2. The summed E-state index contributed by atoms with van der Waals surface area (Å²) >= 11 is 0. The second-order valence-electron chi connectivity index (χ2n) is 4.84. The predicted octanol–water partition coefficient (Wildman–Crippen LogP) is 2.48. The third kappa shape index (κ3) is 2.91. The zero-order chi connectivity index (χ0) is 12.3. The van der Waals surface area contributed by atoms with E-state index in [1.165, 1.54) is 24.0 Å². The van der Waals surface area contributed by atoms with Crippen molar-refractivity contribution in [1.29, 1.82) is 0 Å². The summed E-state index contributed by atoms with van der Waals surface area (Å²) in [4.78, 5) is 0. The lowest BCUT2D eigenvalue weighted by Gasteiger charge is -2.17. The second kappa shape index (κ2) is 5.41. The van der Waals surface area contributed by atoms with E-state index in [2.05, 4.69) is 36.6 Å². The van der Waals surface area contributed by atoms with Crippen molar-refractivity contribution in [3.05, 3.63) is 23.3 Å². The minimum Gasteiger partial charge on any atom is -0.494 e. The molecular formula is C14H22N2O. The fourth-order valence-corrected chi connectivity index (χ4v) is 2.52. The highest BCUT2D eigenvalue weighted by Gasteiger charge is 2.14. The lowest BCUT2D eigenvalue weighted by Crippen LogP contribution is -2.29. The smallest absolute Gasteiger partial charge is 0.144 e. The lowest BCUT2D eigenvalue weighted by molar-refractivity contribution is 0.413. The Balaban J connectivity index is 2.07. The predicted molar refractivity (Wildman–Crippen MR) is 72.0 cm³/mol. The maximum Gasteiger partial charge on any atom is 0.144 e. The van der Waals surface area contributed by atoms with Gasteiger partial charge < -0.3 is 15.4 Å². The van der Waals surface area contributed by atoms with Crippen LogP contribution in [0.1, 0.15) is 24.0 Å². The molecule has 1 aliphatic rings. The average Bonchev–Trinajstić information content (AvgIpc) is 2.78. The van der Waals surface area contributed by atoms with Gasteiger partial charge in [0.2, 0.25) is 0 Å². The van der Waals surface area contributed by atoms with Crippen LogP contribution in [0.4, 0.5) is 5.69 Å². The molecule has 1 atom stereocenters. The number of ether oxygens (including phenoxy) is 1. The van der Waals surface area contributed by atoms with Crippen molar-refractivity contribution in [2.75, 3.05) is 25.5 Å². The van der Waals surface area contributed by atoms with Crippen molar-refractivity contribution in [1.82, 2.24) is 5.32 Å². The van der Waals surface area contributed by atoms with Gasteiger partial charge >= 0.3 is 0 Å². The van der Waals surface area contributed by atoms with E-state index in [9.17, 15) is 0 Å². The zero-order valence-corrected chi connectivity index (χ0v) is 11.0. The molecule has 3 heteroatoms. The molecule has 1 saturated heterocycles. The largest absolute Gasteiger partial charge is 0.494 e. The molecule has 17 heavy (non-hydrogen) atoms. The SMILES string of the molecule is COc1c(C)cc(C)cc1NCC1CCCN1. The van der Waals surface area contributed by atoms with Gasteiger partial charge in [-0.1, -0.05) is 6.07 Å². The van der Waals surface area contributed by atoms with Gasteiger partial charge in [0.05, 0.1) is 12.8 Å². The van der Waals surface area contributed by atoms with Crippen molar-refractivity contribution >= 4 is 5.69 Å². The Kier molecular flexibility index (Phi) is 3.89. The van der Waals surface area contributed by atoms with Gasteiger partial charge in [-0.05, 0) is 50.4 Å². The standard InChI is InChI=1S/C14H22N2O/c1-10-7-11(2)14(17-3)13(8-10)16-9-12-5-4-6-15-12/h7-8,12,15-16H,4-6,9H2,1-3H3. The first-order valence-electron chi connectivity index (χ1n) is 6.33. The highest BCUT2D eigenvalue weighted by Crippen LogP contribution is 2.29. The Labute approximate surface area is 104 Å². The molecule has 1 unspecified atom stereocenters. The van der Waals surface area contributed by atoms with Gasteiger partial charge in [0.15, 0.2) is 0 Å². The molecule has 0 bridgehead atoms. The minimum absolute atomic E-state index is 0.598. The number of rotatable bonds is 4. The van der Waals surface area contributed by atoms with Crippen molar-refractivity contribution in [3.63, 3.8) is 0 Å². The second-order valence-corrected chi connectivity index (χ2v) is 4.84. The molecule has 1 aromatic carbocycles. The Morgan fingerprint density at radius 3 is 2.88 bits per heavy atom. The Morgan fingerprint density at radius 1 is 1.41 bits per heavy atom. The van der Waals surface area contributed by atoms with Crippen LogP contribution in [0.5, 0.6) is 5.75 Å². The average molecular weight is 234 g/mol. The molecule has 0 saturated carbocycles. The Morgan fingerprint density at radius 2 is 2.24 bits per heavy atom. The molecule has 0 aromatic heterocycles. The number of hydrogen-bond donors (Lipinski definition) is 2. The molecule has 94 valence electrons. The molecule has 0 amide bonds. The van der Waals surface area contributed by atoms with Gasteiger partial charge in [-0.15, -0.1) is 0 Å². The highest BCUT2D eigenvalue weighted by molar-refractivity contribution is 5.61. The minimum atomic E-state index is 0.598. The van der Waals surface area contributed by atoms with Gasteiger partial charge in [0.25, 0.3) is 0 Å². The summed E-state index contributed by atoms with van der Waals surface area (Å²) in [7, 11) is 1.73. The van der Waals surface area contributed by atoms with Crippen LogP contribution in [-0.4, -0.2) is 26.2 Å². The van der Waals surface area contributed by atoms with Gasteiger partial charge in [-0.3, -0.25) is 0 Å². The molecule has 2 rings (SSSR count). The third-order valence-electron chi connectivity index (χ3n) is 3.32. The molecule has 1 fully saturated rings. The summed E-state index contributed by atoms with van der Waals surface area (Å²) in [5, 5.41) is 6.99. The Hall–Kier alpha value is -1.22. The summed E-state index contributed by atoms with van der Waals surface area (Å²) in [5.74, 6) is 0.966. The maximum absolute atomic E-state index is 5.46. The van der Waals surface area contributed by atoms with E-state index in [0.717, 1.165) is 24.5 Å². The molecule has 3 nitrogen and oxygen atoms in total. The molecule has 0 spiro atoms. The van der Waals surface area contributed by atoms with Crippen LogP contribution in [0.3, 0.4) is 0 Å². The quantitative estimate of drug-likeness (QED) is 0.839. The number of methoxy groups -OCH3 is 1. The molecule has 1 aromatic rings. The van der Waals surface area contributed by atoms with Crippen molar-refractivity contribution in [2.24, 2.45) is 0 Å². The normalized spacial score (nSPS) is 19.4.